The molecular weight excluding hydrogens is 272 g/mol. The number of anilines is 2. The van der Waals surface area contributed by atoms with Gasteiger partial charge < -0.3 is 15.5 Å². The highest BCUT2D eigenvalue weighted by Gasteiger charge is 2.26. The lowest BCUT2D eigenvalue weighted by molar-refractivity contribution is -0.384. The maximum Gasteiger partial charge on any atom is 0.329 e. The largest absolute Gasteiger partial charge is 0.361 e. The second kappa shape index (κ2) is 6.66. The molecule has 8 heteroatoms. The summed E-state index contributed by atoms with van der Waals surface area (Å²) in [7, 11) is 2.09. The number of nitrogens with zero attached hydrogens (tertiary/aromatic N) is 4. The summed E-state index contributed by atoms with van der Waals surface area (Å²) in [5, 5.41) is 17.3. The van der Waals surface area contributed by atoms with Crippen molar-refractivity contribution in [1.82, 2.24) is 14.9 Å². The Hall–Kier alpha value is -1.96. The minimum atomic E-state index is -0.448. The average Bonchev–Trinajstić information content (AvgIpc) is 2.43. The third-order valence-electron chi connectivity index (χ3n) is 3.85. The molecule has 1 aromatic heterocycles. The van der Waals surface area contributed by atoms with Crippen LogP contribution in [0.2, 0.25) is 0 Å². The van der Waals surface area contributed by atoms with E-state index >= 15 is 0 Å². The molecule has 0 radical (unpaired) electrons. The zero-order valence-corrected chi connectivity index (χ0v) is 12.7. The topological polar surface area (TPSA) is 96.2 Å². The molecule has 2 N–H and O–H groups in total. The Kier molecular flexibility index (Phi) is 4.89. The summed E-state index contributed by atoms with van der Waals surface area (Å²) in [6.45, 7) is 5.73. The van der Waals surface area contributed by atoms with Crippen LogP contribution in [0.15, 0.2) is 6.20 Å². The fourth-order valence-electron chi connectivity index (χ4n) is 2.47. The van der Waals surface area contributed by atoms with E-state index in [4.69, 9.17) is 0 Å². The van der Waals surface area contributed by atoms with Crippen molar-refractivity contribution >= 4 is 17.5 Å². The molecule has 0 aliphatic carbocycles. The van der Waals surface area contributed by atoms with E-state index in [-0.39, 0.29) is 11.7 Å². The van der Waals surface area contributed by atoms with Crippen LogP contribution in [-0.4, -0.2) is 52.0 Å². The molecule has 2 rings (SSSR count). The van der Waals surface area contributed by atoms with E-state index in [1.54, 1.807) is 0 Å². The summed E-state index contributed by atoms with van der Waals surface area (Å²) >= 11 is 0. The Bertz CT molecular complexity index is 509. The number of aromatic nitrogens is 2. The maximum absolute atomic E-state index is 11.1. The van der Waals surface area contributed by atoms with E-state index in [1.165, 1.54) is 6.20 Å². The molecule has 1 aliphatic heterocycles. The lowest BCUT2D eigenvalue weighted by atomic mass is 9.99. The van der Waals surface area contributed by atoms with Crippen molar-refractivity contribution in [1.29, 1.82) is 0 Å². The van der Waals surface area contributed by atoms with E-state index in [0.717, 1.165) is 19.4 Å². The van der Waals surface area contributed by atoms with Crippen molar-refractivity contribution in [2.45, 2.75) is 38.8 Å². The summed E-state index contributed by atoms with van der Waals surface area (Å²) in [6, 6.07) is 0.643. The van der Waals surface area contributed by atoms with Gasteiger partial charge >= 0.3 is 5.69 Å². The molecule has 1 aliphatic rings. The third kappa shape index (κ3) is 3.78. The molecule has 1 aromatic rings. The smallest absolute Gasteiger partial charge is 0.329 e. The van der Waals surface area contributed by atoms with Crippen LogP contribution < -0.4 is 10.6 Å². The summed E-state index contributed by atoms with van der Waals surface area (Å²) < 4.78 is 0. The molecule has 0 bridgehead atoms. The van der Waals surface area contributed by atoms with E-state index in [0.29, 0.717) is 24.4 Å². The molecule has 0 amide bonds. The van der Waals surface area contributed by atoms with Crippen molar-refractivity contribution in [3.8, 4) is 0 Å². The van der Waals surface area contributed by atoms with Crippen molar-refractivity contribution in [2.75, 3.05) is 30.8 Å². The molecule has 1 saturated heterocycles. The van der Waals surface area contributed by atoms with Gasteiger partial charge in [-0.3, -0.25) is 10.1 Å². The second-order valence-corrected chi connectivity index (χ2v) is 5.41. The Balaban J connectivity index is 2.16. The van der Waals surface area contributed by atoms with Crippen LogP contribution in [0.4, 0.5) is 17.5 Å². The van der Waals surface area contributed by atoms with Gasteiger partial charge in [0.25, 0.3) is 0 Å². The summed E-state index contributed by atoms with van der Waals surface area (Å²) in [6.07, 6.45) is 3.14. The Morgan fingerprint density at radius 1 is 1.57 bits per heavy atom. The van der Waals surface area contributed by atoms with Gasteiger partial charge in [-0.05, 0) is 33.7 Å². The number of likely N-dealkylation sites (tertiary alicyclic amines) is 1. The van der Waals surface area contributed by atoms with Gasteiger partial charge in [-0.2, -0.15) is 4.98 Å². The minimum absolute atomic E-state index is 0.0803. The number of rotatable bonds is 5. The van der Waals surface area contributed by atoms with E-state index in [9.17, 15) is 10.1 Å². The fraction of sp³-hybridized carbons (Fsp3) is 0.692. The lowest BCUT2D eigenvalue weighted by Crippen LogP contribution is -2.42. The van der Waals surface area contributed by atoms with Crippen molar-refractivity contribution < 1.29 is 4.92 Å². The molecule has 21 heavy (non-hydrogen) atoms. The highest BCUT2D eigenvalue weighted by Crippen LogP contribution is 2.26. The zero-order chi connectivity index (χ0) is 15.4. The summed E-state index contributed by atoms with van der Waals surface area (Å²) in [5.41, 5.74) is -0.0803. The van der Waals surface area contributed by atoms with Crippen LogP contribution in [0.5, 0.6) is 0 Å². The van der Waals surface area contributed by atoms with Crippen molar-refractivity contribution in [3.05, 3.63) is 16.3 Å². The quantitative estimate of drug-likeness (QED) is 0.630. The normalized spacial score (nSPS) is 22.8. The van der Waals surface area contributed by atoms with Gasteiger partial charge in [0.2, 0.25) is 11.8 Å². The van der Waals surface area contributed by atoms with Gasteiger partial charge in [0.1, 0.15) is 6.20 Å². The molecule has 2 unspecified atom stereocenters. The Morgan fingerprint density at radius 3 is 2.95 bits per heavy atom. The number of nitro groups is 1. The van der Waals surface area contributed by atoms with Gasteiger partial charge in [-0.15, -0.1) is 0 Å². The first kappa shape index (κ1) is 15.4. The monoisotopic (exact) mass is 294 g/mol. The number of hydrogen-bond acceptors (Lipinski definition) is 7. The molecule has 8 nitrogen and oxygen atoms in total. The molecule has 0 saturated carbocycles. The predicted octanol–water partition coefficient (Wildman–Crippen LogP) is 1.71. The van der Waals surface area contributed by atoms with Gasteiger partial charge in [0.05, 0.1) is 4.92 Å². The van der Waals surface area contributed by atoms with Crippen LogP contribution in [0, 0.1) is 10.1 Å². The second-order valence-electron chi connectivity index (χ2n) is 5.41. The highest BCUT2D eigenvalue weighted by molar-refractivity contribution is 5.57. The lowest BCUT2D eigenvalue weighted by Gasteiger charge is -2.35. The van der Waals surface area contributed by atoms with Crippen LogP contribution in [0.1, 0.15) is 26.7 Å². The van der Waals surface area contributed by atoms with Crippen LogP contribution in [-0.2, 0) is 0 Å². The average molecular weight is 294 g/mol. The van der Waals surface area contributed by atoms with Crippen LogP contribution in [0.25, 0.3) is 0 Å². The SMILES string of the molecule is CCNc1ncc([N+](=O)[O-])c(NC2CCN(C)C(C)C2)n1. The number of piperidine rings is 1. The molecule has 0 aromatic carbocycles. The standard InChI is InChI=1S/C13H22N6O2/c1-4-14-13-15-8-11(19(20)21)12(17-13)16-10-5-6-18(3)9(2)7-10/h8-10H,4-7H2,1-3H3,(H2,14,15,16,17). The first-order valence-electron chi connectivity index (χ1n) is 7.23. The predicted molar refractivity (Wildman–Crippen MR) is 81.6 cm³/mol. The third-order valence-corrected chi connectivity index (χ3v) is 3.85. The first-order chi connectivity index (χ1) is 10.0. The van der Waals surface area contributed by atoms with Gasteiger partial charge in [-0.25, -0.2) is 4.98 Å². The summed E-state index contributed by atoms with van der Waals surface area (Å²) in [4.78, 5) is 21.1. The zero-order valence-electron chi connectivity index (χ0n) is 12.7. The highest BCUT2D eigenvalue weighted by atomic mass is 16.6. The van der Waals surface area contributed by atoms with E-state index in [2.05, 4.69) is 39.5 Å². The van der Waals surface area contributed by atoms with Crippen molar-refractivity contribution in [3.63, 3.8) is 0 Å². The Morgan fingerprint density at radius 2 is 2.33 bits per heavy atom. The molecule has 116 valence electrons. The number of hydrogen-bond donors (Lipinski definition) is 2. The minimum Gasteiger partial charge on any atom is -0.361 e. The van der Waals surface area contributed by atoms with Gasteiger partial charge in [-0.1, -0.05) is 0 Å². The van der Waals surface area contributed by atoms with E-state index < -0.39 is 4.92 Å². The maximum atomic E-state index is 11.1. The first-order valence-corrected chi connectivity index (χ1v) is 7.23. The molecule has 2 heterocycles. The van der Waals surface area contributed by atoms with Crippen LogP contribution in [0.3, 0.4) is 0 Å². The summed E-state index contributed by atoms with van der Waals surface area (Å²) in [5.74, 6) is 0.708. The molecular formula is C13H22N6O2. The molecule has 2 atom stereocenters. The number of nitrogens with one attached hydrogen (secondary N) is 2. The van der Waals surface area contributed by atoms with Gasteiger partial charge in [0.15, 0.2) is 0 Å². The van der Waals surface area contributed by atoms with Gasteiger partial charge in [0, 0.05) is 25.2 Å². The van der Waals surface area contributed by atoms with E-state index in [1.807, 2.05) is 6.92 Å². The molecule has 0 spiro atoms. The molecule has 1 fully saturated rings. The fourth-order valence-corrected chi connectivity index (χ4v) is 2.47. The van der Waals surface area contributed by atoms with Crippen LogP contribution >= 0.6 is 0 Å². The van der Waals surface area contributed by atoms with Crippen molar-refractivity contribution in [2.24, 2.45) is 0 Å². The Labute approximate surface area is 124 Å².